The van der Waals surface area contributed by atoms with Crippen LogP contribution in [0.3, 0.4) is 0 Å². The molecule has 26 heavy (non-hydrogen) atoms. The fraction of sp³-hybridized carbons (Fsp3) is 0.133. The van der Waals surface area contributed by atoms with Gasteiger partial charge >= 0.3 is 35.5 Å². The van der Waals surface area contributed by atoms with Crippen LogP contribution in [-0.4, -0.2) is 22.2 Å². The van der Waals surface area contributed by atoms with Crippen molar-refractivity contribution in [2.45, 2.75) is 12.5 Å². The SMILES string of the molecule is O=C(O)C(Cc1cc(I)c(Oc2cc(I)c(O)c(I)c2)c(I)c1)NI.[H-].[Na+]. The molecule has 1 unspecified atom stereocenters. The topological polar surface area (TPSA) is 78.8 Å². The van der Waals surface area contributed by atoms with Crippen LogP contribution in [-0.2, 0) is 11.2 Å². The van der Waals surface area contributed by atoms with Gasteiger partial charge in [-0.3, -0.25) is 4.79 Å². The van der Waals surface area contributed by atoms with Gasteiger partial charge in [0.2, 0.25) is 0 Å². The largest absolute Gasteiger partial charge is 1.00 e. The average molecular weight is 927 g/mol. The molecule has 2 rings (SSSR count). The zero-order chi connectivity index (χ0) is 18.7. The third kappa shape index (κ3) is 7.12. The van der Waals surface area contributed by atoms with Gasteiger partial charge in [-0.2, -0.15) is 0 Å². The second kappa shape index (κ2) is 12.1. The zero-order valence-corrected chi connectivity index (χ0v) is 26.0. The van der Waals surface area contributed by atoms with Gasteiger partial charge in [0, 0.05) is 22.9 Å². The van der Waals surface area contributed by atoms with Crippen molar-refractivity contribution in [2.75, 3.05) is 0 Å². The predicted molar refractivity (Wildman–Crippen MR) is 139 cm³/mol. The number of aliphatic carboxylic acids is 1. The molecule has 0 aliphatic heterocycles. The fourth-order valence-corrected chi connectivity index (χ4v) is 6.27. The van der Waals surface area contributed by atoms with Gasteiger partial charge in [-0.15, -0.1) is 0 Å². The number of phenols is 1. The second-order valence-electron chi connectivity index (χ2n) is 4.93. The van der Waals surface area contributed by atoms with E-state index < -0.39 is 12.0 Å². The minimum atomic E-state index is -0.881. The van der Waals surface area contributed by atoms with E-state index in [0.717, 1.165) is 25.6 Å². The number of hydrogen-bond donors (Lipinski definition) is 3. The molecule has 5 nitrogen and oxygen atoms in total. The molecule has 3 N–H and O–H groups in total. The fourth-order valence-electron chi connectivity index (χ4n) is 1.96. The maximum atomic E-state index is 11.2. The average Bonchev–Trinajstić information content (AvgIpc) is 2.53. The maximum Gasteiger partial charge on any atom is 1.00 e. The number of phenolic OH excluding ortho intramolecular Hbond substituents is 1. The molecule has 0 heterocycles. The number of rotatable bonds is 6. The number of ether oxygens (including phenoxy) is 1. The summed E-state index contributed by atoms with van der Waals surface area (Å²) in [6.07, 6.45) is 0.388. The van der Waals surface area contributed by atoms with Gasteiger partial charge in [-0.05, 0) is 127 Å². The summed E-state index contributed by atoms with van der Waals surface area (Å²) in [6.45, 7) is 0. The van der Waals surface area contributed by atoms with E-state index in [9.17, 15) is 15.0 Å². The first-order valence-corrected chi connectivity index (χ1v) is 12.0. The molecule has 0 radical (unpaired) electrons. The van der Waals surface area contributed by atoms with E-state index >= 15 is 0 Å². The Morgan fingerprint density at radius 3 is 2.00 bits per heavy atom. The van der Waals surface area contributed by atoms with E-state index in [4.69, 9.17) is 4.74 Å². The van der Waals surface area contributed by atoms with Crippen molar-refractivity contribution >= 4 is 119 Å². The molecule has 0 spiro atoms. The van der Waals surface area contributed by atoms with Crippen LogP contribution in [0.2, 0.25) is 0 Å². The van der Waals surface area contributed by atoms with Crippen LogP contribution >= 0.6 is 113 Å². The first-order chi connectivity index (χ1) is 11.7. The van der Waals surface area contributed by atoms with E-state index in [1.54, 1.807) is 12.1 Å². The van der Waals surface area contributed by atoms with Crippen molar-refractivity contribution in [3.8, 4) is 17.2 Å². The van der Waals surface area contributed by atoms with Crippen molar-refractivity contribution in [1.82, 2.24) is 3.53 Å². The Morgan fingerprint density at radius 1 is 1.08 bits per heavy atom. The van der Waals surface area contributed by atoms with Crippen LogP contribution in [0.25, 0.3) is 0 Å². The summed E-state index contributed by atoms with van der Waals surface area (Å²) in [4.78, 5) is 11.2. The van der Waals surface area contributed by atoms with Crippen LogP contribution < -0.4 is 37.8 Å². The van der Waals surface area contributed by atoms with E-state index in [2.05, 4.69) is 93.9 Å². The summed E-state index contributed by atoms with van der Waals surface area (Å²) in [5.41, 5.74) is 0.924. The molecule has 0 bridgehead atoms. The Morgan fingerprint density at radius 2 is 1.58 bits per heavy atom. The zero-order valence-electron chi connectivity index (χ0n) is 14.2. The molecule has 1 atom stereocenters. The van der Waals surface area contributed by atoms with Crippen molar-refractivity contribution in [3.05, 3.63) is 44.1 Å². The quantitative estimate of drug-likeness (QED) is 0.236. The summed E-state index contributed by atoms with van der Waals surface area (Å²) >= 11 is 10.4. The number of carboxylic acid groups (broad SMARTS) is 1. The van der Waals surface area contributed by atoms with Crippen molar-refractivity contribution < 1.29 is 50.7 Å². The van der Waals surface area contributed by atoms with E-state index in [1.165, 1.54) is 0 Å². The Kier molecular flexibility index (Phi) is 12.2. The number of benzene rings is 2. The minimum Gasteiger partial charge on any atom is -1.00 e. The van der Waals surface area contributed by atoms with Gasteiger partial charge in [-0.1, -0.05) is 0 Å². The first-order valence-electron chi connectivity index (χ1n) is 6.65. The molecule has 0 aromatic heterocycles. The van der Waals surface area contributed by atoms with Gasteiger partial charge in [0.1, 0.15) is 17.5 Å². The van der Waals surface area contributed by atoms with Gasteiger partial charge in [0.05, 0.1) is 14.3 Å². The molecule has 0 aliphatic rings. The van der Waals surface area contributed by atoms with E-state index in [1.807, 2.05) is 35.0 Å². The number of nitrogens with one attached hydrogen (secondary N) is 1. The van der Waals surface area contributed by atoms with Crippen LogP contribution in [0.15, 0.2) is 24.3 Å². The van der Waals surface area contributed by atoms with Crippen LogP contribution in [0, 0.1) is 14.3 Å². The predicted octanol–water partition coefficient (Wildman–Crippen LogP) is 2.65. The summed E-state index contributed by atoms with van der Waals surface area (Å²) in [7, 11) is 0. The Balaban J connectivity index is 0.00000338. The molecule has 0 fully saturated rings. The first kappa shape index (κ1) is 26.2. The summed E-state index contributed by atoms with van der Waals surface area (Å²) < 4.78 is 12.0. The van der Waals surface area contributed by atoms with Crippen LogP contribution in [0.5, 0.6) is 17.2 Å². The smallest absolute Gasteiger partial charge is 1.00 e. The van der Waals surface area contributed by atoms with Gasteiger partial charge in [0.25, 0.3) is 0 Å². The molecule has 136 valence electrons. The molecule has 0 aliphatic carbocycles. The van der Waals surface area contributed by atoms with Gasteiger partial charge in [-0.25, -0.2) is 3.53 Å². The number of hydrogen-bond acceptors (Lipinski definition) is 4. The number of carboxylic acids is 1. The van der Waals surface area contributed by atoms with Crippen molar-refractivity contribution in [2.24, 2.45) is 0 Å². The molecule has 2 aromatic carbocycles. The Bertz CT molecular complexity index is 781. The molecular weight excluding hydrogens is 916 g/mol. The summed E-state index contributed by atoms with van der Waals surface area (Å²) in [5, 5.41) is 19.0. The molecule has 0 saturated carbocycles. The van der Waals surface area contributed by atoms with Crippen molar-refractivity contribution in [3.63, 3.8) is 0 Å². The molecule has 2 aromatic rings. The molecular formula is C15H11I5NNaO4. The minimum absolute atomic E-state index is 0. The Hall–Kier alpha value is 2.12. The Labute approximate surface area is 243 Å². The molecule has 11 heteroatoms. The standard InChI is InChI=1S/C15H10I5NO4.Na.H/c16-8-4-7(5-9(17)13(8)22)25-14-10(18)1-6(2-11(14)19)3-12(21-20)15(23)24;;/h1-2,4-5,12,21-22H,3H2,(H,23,24);;/q;+1;-1. The number of aromatic hydroxyl groups is 1. The number of halogens is 5. The third-order valence-corrected chi connectivity index (χ3v) is 7.14. The van der Waals surface area contributed by atoms with Crippen molar-refractivity contribution in [1.29, 1.82) is 0 Å². The van der Waals surface area contributed by atoms with E-state index in [-0.39, 0.29) is 36.7 Å². The second-order valence-corrected chi connectivity index (χ2v) is 10.2. The summed E-state index contributed by atoms with van der Waals surface area (Å²) in [5.74, 6) is 0.733. The molecule has 0 saturated heterocycles. The van der Waals surface area contributed by atoms with Crippen LogP contribution in [0.4, 0.5) is 0 Å². The normalized spacial score (nSPS) is 11.6. The number of carbonyl (C=O) groups is 1. The monoisotopic (exact) mass is 927 g/mol. The maximum absolute atomic E-state index is 11.2. The third-order valence-electron chi connectivity index (χ3n) is 3.14. The van der Waals surface area contributed by atoms with Gasteiger partial charge in [0.15, 0.2) is 5.75 Å². The van der Waals surface area contributed by atoms with Gasteiger partial charge < -0.3 is 16.4 Å². The summed E-state index contributed by atoms with van der Waals surface area (Å²) in [6, 6.07) is 6.77. The molecule has 0 amide bonds. The van der Waals surface area contributed by atoms with Crippen LogP contribution in [0.1, 0.15) is 6.99 Å². The van der Waals surface area contributed by atoms with E-state index in [0.29, 0.717) is 12.2 Å².